The molecule has 0 bridgehead atoms. The van der Waals surface area contributed by atoms with E-state index < -0.39 is 0 Å². The molecule has 0 N–H and O–H groups in total. The van der Waals surface area contributed by atoms with Crippen LogP contribution in [-0.4, -0.2) is 30.6 Å². The number of likely N-dealkylation sites (tertiary alicyclic amines) is 1. The molecule has 16 heavy (non-hydrogen) atoms. The van der Waals surface area contributed by atoms with E-state index >= 15 is 0 Å². The number of carbonyl (C=O) groups is 2. The van der Waals surface area contributed by atoms with Crippen molar-refractivity contribution in [3.8, 4) is 0 Å². The number of hydrogen-bond donors (Lipinski definition) is 0. The molecule has 1 saturated heterocycles. The van der Waals surface area contributed by atoms with Crippen LogP contribution in [0, 0.1) is 5.92 Å². The molecular formula is C13H15NO2. The summed E-state index contributed by atoms with van der Waals surface area (Å²) in [5.74, 6) is 0.0890. The van der Waals surface area contributed by atoms with Gasteiger partial charge in [-0.1, -0.05) is 30.3 Å². The third-order valence-electron chi connectivity index (χ3n) is 3.11. The highest BCUT2D eigenvalue weighted by Gasteiger charge is 2.28. The van der Waals surface area contributed by atoms with E-state index in [1.807, 2.05) is 30.3 Å². The summed E-state index contributed by atoms with van der Waals surface area (Å²) < 4.78 is 0. The summed E-state index contributed by atoms with van der Waals surface area (Å²) >= 11 is 0. The van der Waals surface area contributed by atoms with Crippen LogP contribution in [0.1, 0.15) is 18.0 Å². The fraction of sp³-hybridized carbons (Fsp3) is 0.385. The first-order valence-electron chi connectivity index (χ1n) is 5.54. The number of rotatable bonds is 4. The smallest absolute Gasteiger partial charge is 0.141 e. The molecule has 0 aromatic heterocycles. The Balaban J connectivity index is 2.12. The molecule has 2 atom stereocenters. The molecule has 0 radical (unpaired) electrons. The number of nitrogens with zero attached hydrogens (tertiary/aromatic N) is 1. The summed E-state index contributed by atoms with van der Waals surface area (Å²) in [6, 6.07) is 9.49. The van der Waals surface area contributed by atoms with Crippen LogP contribution in [0.2, 0.25) is 0 Å². The van der Waals surface area contributed by atoms with Crippen LogP contribution in [0.5, 0.6) is 0 Å². The van der Waals surface area contributed by atoms with Gasteiger partial charge in [0.25, 0.3) is 0 Å². The Labute approximate surface area is 95.1 Å². The zero-order chi connectivity index (χ0) is 11.4. The lowest BCUT2D eigenvalue weighted by molar-refractivity contribution is -0.113. The fourth-order valence-electron chi connectivity index (χ4n) is 2.20. The Morgan fingerprint density at radius 3 is 2.56 bits per heavy atom. The predicted molar refractivity (Wildman–Crippen MR) is 61.0 cm³/mol. The van der Waals surface area contributed by atoms with Crippen LogP contribution in [-0.2, 0) is 9.59 Å². The van der Waals surface area contributed by atoms with Gasteiger partial charge in [-0.05, 0) is 18.5 Å². The third kappa shape index (κ3) is 2.19. The molecule has 1 aromatic carbocycles. The van der Waals surface area contributed by atoms with Gasteiger partial charge < -0.3 is 9.59 Å². The highest BCUT2D eigenvalue weighted by atomic mass is 16.1. The van der Waals surface area contributed by atoms with Crippen molar-refractivity contribution in [2.45, 2.75) is 12.5 Å². The van der Waals surface area contributed by atoms with Gasteiger partial charge in [-0.3, -0.25) is 4.90 Å². The number of benzene rings is 1. The van der Waals surface area contributed by atoms with E-state index in [0.717, 1.165) is 31.1 Å². The second-order valence-electron chi connectivity index (χ2n) is 4.17. The summed E-state index contributed by atoms with van der Waals surface area (Å²) in [6.45, 7) is 1.52. The van der Waals surface area contributed by atoms with Gasteiger partial charge in [0.1, 0.15) is 12.6 Å². The normalized spacial score (nSPS) is 22.9. The first-order chi connectivity index (χ1) is 7.85. The Morgan fingerprint density at radius 2 is 2.00 bits per heavy atom. The van der Waals surface area contributed by atoms with Gasteiger partial charge in [0, 0.05) is 12.5 Å². The molecule has 0 spiro atoms. The molecule has 0 aliphatic carbocycles. The van der Waals surface area contributed by atoms with Crippen molar-refractivity contribution < 1.29 is 9.59 Å². The minimum atomic E-state index is -0.203. The van der Waals surface area contributed by atoms with E-state index in [1.54, 1.807) is 0 Å². The summed E-state index contributed by atoms with van der Waals surface area (Å²) in [6.07, 6.45) is 2.82. The third-order valence-corrected chi connectivity index (χ3v) is 3.11. The van der Waals surface area contributed by atoms with Crippen molar-refractivity contribution in [1.82, 2.24) is 4.90 Å². The summed E-state index contributed by atoms with van der Waals surface area (Å²) in [5.41, 5.74) is 1.00. The Kier molecular flexibility index (Phi) is 3.47. The van der Waals surface area contributed by atoms with Crippen LogP contribution < -0.4 is 0 Å². The SMILES string of the molecule is O=CC1CCN(C(C=O)c2ccccc2)C1. The zero-order valence-corrected chi connectivity index (χ0v) is 9.08. The van der Waals surface area contributed by atoms with E-state index in [-0.39, 0.29) is 12.0 Å². The number of aldehydes is 2. The summed E-state index contributed by atoms with van der Waals surface area (Å²) in [4.78, 5) is 23.9. The quantitative estimate of drug-likeness (QED) is 0.716. The largest absolute Gasteiger partial charge is 0.303 e. The molecule has 0 amide bonds. The van der Waals surface area contributed by atoms with Gasteiger partial charge in [-0.25, -0.2) is 0 Å². The Hall–Kier alpha value is -1.48. The minimum Gasteiger partial charge on any atom is -0.303 e. The first-order valence-corrected chi connectivity index (χ1v) is 5.54. The molecule has 3 heteroatoms. The standard InChI is InChI=1S/C13H15NO2/c15-9-11-6-7-14(8-11)13(10-16)12-4-2-1-3-5-12/h1-5,9-11,13H,6-8H2. The van der Waals surface area contributed by atoms with Crippen molar-refractivity contribution in [2.75, 3.05) is 13.1 Å². The molecule has 2 unspecified atom stereocenters. The highest BCUT2D eigenvalue weighted by molar-refractivity contribution is 5.62. The zero-order valence-electron chi connectivity index (χ0n) is 9.08. The van der Waals surface area contributed by atoms with Gasteiger partial charge in [0.15, 0.2) is 0 Å². The summed E-state index contributed by atoms with van der Waals surface area (Å²) in [5, 5.41) is 0. The van der Waals surface area contributed by atoms with Gasteiger partial charge in [-0.15, -0.1) is 0 Å². The minimum absolute atomic E-state index is 0.0890. The van der Waals surface area contributed by atoms with Crippen molar-refractivity contribution in [2.24, 2.45) is 5.92 Å². The van der Waals surface area contributed by atoms with Crippen molar-refractivity contribution >= 4 is 12.6 Å². The van der Waals surface area contributed by atoms with E-state index in [0.29, 0.717) is 6.54 Å². The highest BCUT2D eigenvalue weighted by Crippen LogP contribution is 2.25. The van der Waals surface area contributed by atoms with Crippen LogP contribution in [0.25, 0.3) is 0 Å². The molecule has 1 fully saturated rings. The van der Waals surface area contributed by atoms with Crippen LogP contribution in [0.4, 0.5) is 0 Å². The van der Waals surface area contributed by atoms with E-state index in [4.69, 9.17) is 0 Å². The van der Waals surface area contributed by atoms with Gasteiger partial charge in [0.2, 0.25) is 0 Å². The lowest BCUT2D eigenvalue weighted by atomic mass is 10.1. The van der Waals surface area contributed by atoms with E-state index in [1.165, 1.54) is 0 Å². The first kappa shape index (κ1) is 11.0. The molecule has 1 aliphatic heterocycles. The van der Waals surface area contributed by atoms with Gasteiger partial charge >= 0.3 is 0 Å². The van der Waals surface area contributed by atoms with Crippen molar-refractivity contribution in [3.05, 3.63) is 35.9 Å². The molecule has 2 rings (SSSR count). The molecular weight excluding hydrogens is 202 g/mol. The van der Waals surface area contributed by atoms with Gasteiger partial charge in [0.05, 0.1) is 6.04 Å². The maximum absolute atomic E-state index is 11.2. The van der Waals surface area contributed by atoms with E-state index in [2.05, 4.69) is 4.90 Å². The Morgan fingerprint density at radius 1 is 1.25 bits per heavy atom. The molecule has 84 valence electrons. The molecule has 1 aromatic rings. The molecule has 1 aliphatic rings. The van der Waals surface area contributed by atoms with Crippen LogP contribution in [0.3, 0.4) is 0 Å². The average Bonchev–Trinajstić information content (AvgIpc) is 2.80. The maximum Gasteiger partial charge on any atom is 0.141 e. The lowest BCUT2D eigenvalue weighted by Crippen LogP contribution is -2.27. The van der Waals surface area contributed by atoms with Crippen molar-refractivity contribution in [1.29, 1.82) is 0 Å². The Bertz CT molecular complexity index is 363. The number of hydrogen-bond acceptors (Lipinski definition) is 3. The monoisotopic (exact) mass is 217 g/mol. The topological polar surface area (TPSA) is 37.4 Å². The predicted octanol–water partition coefficient (Wildman–Crippen LogP) is 1.45. The summed E-state index contributed by atoms with van der Waals surface area (Å²) in [7, 11) is 0. The number of carbonyl (C=O) groups excluding carboxylic acids is 2. The lowest BCUT2D eigenvalue weighted by Gasteiger charge is -2.22. The molecule has 0 saturated carbocycles. The second kappa shape index (κ2) is 5.03. The molecule has 1 heterocycles. The van der Waals surface area contributed by atoms with Gasteiger partial charge in [-0.2, -0.15) is 0 Å². The molecule has 3 nitrogen and oxygen atoms in total. The van der Waals surface area contributed by atoms with Crippen LogP contribution >= 0.6 is 0 Å². The fourth-order valence-corrected chi connectivity index (χ4v) is 2.20. The van der Waals surface area contributed by atoms with Crippen molar-refractivity contribution in [3.63, 3.8) is 0 Å². The maximum atomic E-state index is 11.2. The average molecular weight is 217 g/mol. The van der Waals surface area contributed by atoms with Crippen LogP contribution in [0.15, 0.2) is 30.3 Å². The second-order valence-corrected chi connectivity index (χ2v) is 4.17. The van der Waals surface area contributed by atoms with E-state index in [9.17, 15) is 9.59 Å².